The van der Waals surface area contributed by atoms with Crippen molar-refractivity contribution in [2.24, 2.45) is 17.9 Å². The van der Waals surface area contributed by atoms with Crippen LogP contribution in [-0.4, -0.2) is 20.9 Å². The number of nitrogens with zero attached hydrogens (tertiary/aromatic N) is 3. The predicted octanol–water partition coefficient (Wildman–Crippen LogP) is 0.740. The molecule has 1 aromatic heterocycles. The van der Waals surface area contributed by atoms with Gasteiger partial charge in [-0.25, -0.2) is 4.98 Å². The van der Waals surface area contributed by atoms with E-state index in [2.05, 4.69) is 27.7 Å². The number of imidazole rings is 1. The van der Waals surface area contributed by atoms with Crippen molar-refractivity contribution >= 4 is 34.6 Å². The molecule has 16 heavy (non-hydrogen) atoms. The molecule has 0 atom stereocenters. The molecule has 5 nitrogen and oxygen atoms in total. The van der Waals surface area contributed by atoms with Crippen molar-refractivity contribution in [3.63, 3.8) is 0 Å². The molecule has 0 fully saturated rings. The summed E-state index contributed by atoms with van der Waals surface area (Å²) in [6.07, 6.45) is 3.42. The van der Waals surface area contributed by atoms with Gasteiger partial charge in [0.2, 0.25) is 0 Å². The van der Waals surface area contributed by atoms with Gasteiger partial charge in [0, 0.05) is 7.05 Å². The van der Waals surface area contributed by atoms with E-state index in [-0.39, 0.29) is 5.11 Å². The number of thiocarbonyl (C=S) groups is 1. The average molecular weight is 233 g/mol. The molecule has 3 N–H and O–H groups in total. The van der Waals surface area contributed by atoms with Crippen LogP contribution in [0.25, 0.3) is 11.0 Å². The quantitative estimate of drug-likeness (QED) is 0.456. The van der Waals surface area contributed by atoms with Gasteiger partial charge in [-0.15, -0.1) is 0 Å². The lowest BCUT2D eigenvalue weighted by Crippen LogP contribution is -2.23. The van der Waals surface area contributed by atoms with Crippen LogP contribution in [0.15, 0.2) is 29.6 Å². The maximum atomic E-state index is 5.24. The maximum absolute atomic E-state index is 5.24. The highest BCUT2D eigenvalue weighted by atomic mass is 32.1. The minimum absolute atomic E-state index is 0.148. The average Bonchev–Trinajstić information content (AvgIpc) is 2.60. The molecule has 1 aromatic carbocycles. The molecule has 2 rings (SSSR count). The van der Waals surface area contributed by atoms with Crippen LogP contribution in [0.2, 0.25) is 0 Å². The number of aryl methyl sites for hydroxylation is 1. The zero-order valence-electron chi connectivity index (χ0n) is 8.71. The van der Waals surface area contributed by atoms with E-state index in [0.29, 0.717) is 0 Å². The van der Waals surface area contributed by atoms with Crippen molar-refractivity contribution < 1.29 is 0 Å². The van der Waals surface area contributed by atoms with Gasteiger partial charge in [-0.1, -0.05) is 6.07 Å². The molecule has 2 aromatic rings. The smallest absolute Gasteiger partial charge is 0.184 e. The molecule has 0 unspecified atom stereocenters. The van der Waals surface area contributed by atoms with E-state index < -0.39 is 0 Å². The van der Waals surface area contributed by atoms with Crippen molar-refractivity contribution in [1.29, 1.82) is 0 Å². The second-order valence-corrected chi connectivity index (χ2v) is 3.78. The van der Waals surface area contributed by atoms with E-state index >= 15 is 0 Å². The molecular weight excluding hydrogens is 222 g/mol. The van der Waals surface area contributed by atoms with Gasteiger partial charge in [0.15, 0.2) is 5.11 Å². The van der Waals surface area contributed by atoms with Crippen molar-refractivity contribution in [3.05, 3.63) is 30.1 Å². The second kappa shape index (κ2) is 4.28. The molecule has 0 saturated heterocycles. The largest absolute Gasteiger partial charge is 0.375 e. The summed E-state index contributed by atoms with van der Waals surface area (Å²) in [4.78, 5) is 4.25. The summed E-state index contributed by atoms with van der Waals surface area (Å²) in [6.45, 7) is 0. The number of hydrazone groups is 1. The third-order valence-electron chi connectivity index (χ3n) is 2.14. The third kappa shape index (κ3) is 2.17. The molecule has 0 radical (unpaired) electrons. The lowest BCUT2D eigenvalue weighted by Gasteiger charge is -1.96. The maximum Gasteiger partial charge on any atom is 0.184 e. The highest BCUT2D eigenvalue weighted by Crippen LogP contribution is 2.12. The van der Waals surface area contributed by atoms with Crippen LogP contribution in [0.3, 0.4) is 0 Å². The van der Waals surface area contributed by atoms with Crippen molar-refractivity contribution in [1.82, 2.24) is 15.0 Å². The highest BCUT2D eigenvalue weighted by Gasteiger charge is 1.99. The van der Waals surface area contributed by atoms with E-state index in [9.17, 15) is 0 Å². The van der Waals surface area contributed by atoms with Crippen LogP contribution in [0, 0.1) is 0 Å². The number of nitrogens with one attached hydrogen (secondary N) is 1. The lowest BCUT2D eigenvalue weighted by atomic mass is 10.2. The number of rotatable bonds is 2. The number of aromatic nitrogens is 2. The normalized spacial score (nSPS) is 11.1. The van der Waals surface area contributed by atoms with Crippen molar-refractivity contribution in [2.75, 3.05) is 0 Å². The first-order valence-electron chi connectivity index (χ1n) is 4.66. The fourth-order valence-corrected chi connectivity index (χ4v) is 1.46. The summed E-state index contributed by atoms with van der Waals surface area (Å²) >= 11 is 4.63. The monoisotopic (exact) mass is 233 g/mol. The first kappa shape index (κ1) is 10.6. The van der Waals surface area contributed by atoms with Gasteiger partial charge >= 0.3 is 0 Å². The first-order valence-corrected chi connectivity index (χ1v) is 5.07. The Hall–Kier alpha value is -1.95. The molecule has 0 amide bonds. The Balaban J connectivity index is 2.26. The van der Waals surface area contributed by atoms with Gasteiger partial charge in [-0.3, -0.25) is 5.43 Å². The van der Waals surface area contributed by atoms with Gasteiger partial charge in [0.05, 0.1) is 23.6 Å². The number of benzene rings is 1. The summed E-state index contributed by atoms with van der Waals surface area (Å²) in [5.41, 5.74) is 10.7. The molecule has 0 aliphatic heterocycles. The van der Waals surface area contributed by atoms with Gasteiger partial charge in [-0.05, 0) is 29.9 Å². The Morgan fingerprint density at radius 1 is 1.62 bits per heavy atom. The minimum atomic E-state index is 0.148. The van der Waals surface area contributed by atoms with E-state index in [1.807, 2.05) is 29.8 Å². The first-order chi connectivity index (χ1) is 7.66. The third-order valence-corrected chi connectivity index (χ3v) is 2.23. The van der Waals surface area contributed by atoms with Gasteiger partial charge < -0.3 is 10.3 Å². The summed E-state index contributed by atoms with van der Waals surface area (Å²) in [7, 11) is 1.96. The van der Waals surface area contributed by atoms with Gasteiger partial charge in [0.1, 0.15) is 0 Å². The van der Waals surface area contributed by atoms with Crippen molar-refractivity contribution in [2.45, 2.75) is 0 Å². The molecule has 0 aliphatic carbocycles. The van der Waals surface area contributed by atoms with Crippen LogP contribution in [0.4, 0.5) is 0 Å². The lowest BCUT2D eigenvalue weighted by molar-refractivity contribution is 0.947. The predicted molar refractivity (Wildman–Crippen MR) is 68.2 cm³/mol. The molecule has 1 heterocycles. The fraction of sp³-hybridized carbons (Fsp3) is 0.100. The Morgan fingerprint density at radius 2 is 2.44 bits per heavy atom. The van der Waals surface area contributed by atoms with Crippen LogP contribution in [0.5, 0.6) is 0 Å². The zero-order valence-corrected chi connectivity index (χ0v) is 9.53. The summed E-state index contributed by atoms with van der Waals surface area (Å²) in [6, 6.07) is 5.89. The molecule has 82 valence electrons. The van der Waals surface area contributed by atoms with E-state index in [4.69, 9.17) is 5.73 Å². The molecule has 0 bridgehead atoms. The SMILES string of the molecule is Cn1cnc2cc(C=NNC(N)=S)ccc21. The minimum Gasteiger partial charge on any atom is -0.375 e. The van der Waals surface area contributed by atoms with Crippen molar-refractivity contribution in [3.8, 4) is 0 Å². The molecule has 6 heteroatoms. The Morgan fingerprint density at radius 3 is 3.19 bits per heavy atom. The Bertz CT molecular complexity index is 557. The van der Waals surface area contributed by atoms with Crippen LogP contribution >= 0.6 is 12.2 Å². The Kier molecular flexibility index (Phi) is 2.82. The highest BCUT2D eigenvalue weighted by molar-refractivity contribution is 7.80. The fourth-order valence-electron chi connectivity index (χ4n) is 1.40. The molecule has 0 aliphatic rings. The molecule has 0 spiro atoms. The number of nitrogens with two attached hydrogens (primary N) is 1. The van der Waals surface area contributed by atoms with Crippen LogP contribution in [-0.2, 0) is 7.05 Å². The summed E-state index contributed by atoms with van der Waals surface area (Å²) in [5.74, 6) is 0. The standard InChI is InChI=1S/C10H11N5S/c1-15-6-12-8-4-7(2-3-9(8)15)5-13-14-10(11)16/h2-6H,1H3,(H3,11,14,16). The number of hydrogen-bond acceptors (Lipinski definition) is 3. The summed E-state index contributed by atoms with van der Waals surface area (Å²) in [5, 5.41) is 4.03. The Labute approximate surface area is 98.0 Å². The van der Waals surface area contributed by atoms with E-state index in [0.717, 1.165) is 16.6 Å². The molecular formula is C10H11N5S. The van der Waals surface area contributed by atoms with Gasteiger partial charge in [-0.2, -0.15) is 5.10 Å². The molecule has 0 saturated carbocycles. The number of hydrogen-bond donors (Lipinski definition) is 2. The van der Waals surface area contributed by atoms with E-state index in [1.165, 1.54) is 0 Å². The second-order valence-electron chi connectivity index (χ2n) is 3.34. The summed E-state index contributed by atoms with van der Waals surface area (Å²) < 4.78 is 1.96. The zero-order chi connectivity index (χ0) is 11.5. The van der Waals surface area contributed by atoms with Crippen LogP contribution < -0.4 is 11.2 Å². The topological polar surface area (TPSA) is 68.2 Å². The van der Waals surface area contributed by atoms with Gasteiger partial charge in [0.25, 0.3) is 0 Å². The van der Waals surface area contributed by atoms with Crippen LogP contribution in [0.1, 0.15) is 5.56 Å². The van der Waals surface area contributed by atoms with E-state index in [1.54, 1.807) is 12.5 Å². The number of fused-ring (bicyclic) bond motifs is 1.